The van der Waals surface area contributed by atoms with E-state index in [1.807, 2.05) is 19.1 Å². The number of halogens is 1. The molecule has 0 aromatic heterocycles. The summed E-state index contributed by atoms with van der Waals surface area (Å²) in [5, 5.41) is -0.0843. The lowest BCUT2D eigenvalue weighted by molar-refractivity contribution is 0.291. The Kier molecular flexibility index (Phi) is 4.54. The summed E-state index contributed by atoms with van der Waals surface area (Å²) in [6.45, 7) is 1.94. The zero-order valence-electron chi connectivity index (χ0n) is 11.3. The number of hydrogen-bond acceptors (Lipinski definition) is 2. The summed E-state index contributed by atoms with van der Waals surface area (Å²) in [5.41, 5.74) is 1.05. The Morgan fingerprint density at radius 1 is 1.16 bits per heavy atom. The SMILES string of the molecule is Cc1ccc(S(=O)(=O)N(C)C2CCCCC2Cl)cc1. The van der Waals surface area contributed by atoms with E-state index in [-0.39, 0.29) is 11.4 Å². The number of sulfonamides is 1. The lowest BCUT2D eigenvalue weighted by atomic mass is 9.95. The van der Waals surface area contributed by atoms with Crippen LogP contribution in [-0.4, -0.2) is 31.2 Å². The van der Waals surface area contributed by atoms with Crippen molar-refractivity contribution in [1.82, 2.24) is 4.31 Å². The zero-order valence-corrected chi connectivity index (χ0v) is 12.9. The number of alkyl halides is 1. The van der Waals surface area contributed by atoms with E-state index < -0.39 is 10.0 Å². The Balaban J connectivity index is 2.25. The van der Waals surface area contributed by atoms with Crippen LogP contribution in [-0.2, 0) is 10.0 Å². The number of nitrogens with zero attached hydrogens (tertiary/aromatic N) is 1. The fourth-order valence-electron chi connectivity index (χ4n) is 2.53. The molecule has 2 unspecified atom stereocenters. The third-order valence-electron chi connectivity index (χ3n) is 3.81. The van der Waals surface area contributed by atoms with E-state index in [1.54, 1.807) is 19.2 Å². The molecule has 0 N–H and O–H groups in total. The van der Waals surface area contributed by atoms with E-state index in [2.05, 4.69) is 0 Å². The maximum atomic E-state index is 12.6. The standard InChI is InChI=1S/C14H20ClNO2S/c1-11-7-9-12(10-8-11)19(17,18)16(2)14-6-4-3-5-13(14)15/h7-10,13-14H,3-6H2,1-2H3. The minimum Gasteiger partial charge on any atom is -0.207 e. The van der Waals surface area contributed by atoms with Gasteiger partial charge in [-0.2, -0.15) is 4.31 Å². The van der Waals surface area contributed by atoms with E-state index in [1.165, 1.54) is 4.31 Å². The number of aryl methyl sites for hydroxylation is 1. The van der Waals surface area contributed by atoms with Gasteiger partial charge in [-0.1, -0.05) is 30.5 Å². The quantitative estimate of drug-likeness (QED) is 0.804. The molecule has 1 saturated carbocycles. The summed E-state index contributed by atoms with van der Waals surface area (Å²) in [4.78, 5) is 0.343. The van der Waals surface area contributed by atoms with Crippen molar-refractivity contribution in [3.05, 3.63) is 29.8 Å². The monoisotopic (exact) mass is 301 g/mol. The van der Waals surface area contributed by atoms with Gasteiger partial charge in [-0.25, -0.2) is 8.42 Å². The summed E-state index contributed by atoms with van der Waals surface area (Å²) < 4.78 is 26.6. The fraction of sp³-hybridized carbons (Fsp3) is 0.571. The van der Waals surface area contributed by atoms with Crippen LogP contribution in [0.1, 0.15) is 31.2 Å². The average Bonchev–Trinajstić information content (AvgIpc) is 2.39. The molecule has 1 fully saturated rings. The van der Waals surface area contributed by atoms with Crippen LogP contribution in [0.4, 0.5) is 0 Å². The van der Waals surface area contributed by atoms with Crippen molar-refractivity contribution in [2.45, 2.75) is 48.9 Å². The molecule has 0 amide bonds. The first-order valence-corrected chi connectivity index (χ1v) is 8.49. The van der Waals surface area contributed by atoms with E-state index in [4.69, 9.17) is 11.6 Å². The summed E-state index contributed by atoms with van der Waals surface area (Å²) in [7, 11) is -1.80. The highest BCUT2D eigenvalue weighted by molar-refractivity contribution is 7.89. The predicted octanol–water partition coefficient (Wildman–Crippen LogP) is 3.17. The second-order valence-electron chi connectivity index (χ2n) is 5.20. The zero-order chi connectivity index (χ0) is 14.0. The van der Waals surface area contributed by atoms with Gasteiger partial charge in [0.15, 0.2) is 0 Å². The molecule has 5 heteroatoms. The summed E-state index contributed by atoms with van der Waals surface area (Å²) >= 11 is 6.29. The van der Waals surface area contributed by atoms with E-state index >= 15 is 0 Å². The Morgan fingerprint density at radius 3 is 2.32 bits per heavy atom. The van der Waals surface area contributed by atoms with Gasteiger partial charge in [-0.3, -0.25) is 0 Å². The highest BCUT2D eigenvalue weighted by Gasteiger charge is 2.34. The van der Waals surface area contributed by atoms with Crippen LogP contribution in [0.3, 0.4) is 0 Å². The van der Waals surface area contributed by atoms with Crippen molar-refractivity contribution < 1.29 is 8.42 Å². The molecular weight excluding hydrogens is 282 g/mol. The van der Waals surface area contributed by atoms with Crippen LogP contribution in [0.2, 0.25) is 0 Å². The smallest absolute Gasteiger partial charge is 0.207 e. The largest absolute Gasteiger partial charge is 0.243 e. The maximum Gasteiger partial charge on any atom is 0.243 e. The highest BCUT2D eigenvalue weighted by atomic mass is 35.5. The third kappa shape index (κ3) is 3.12. The van der Waals surface area contributed by atoms with Gasteiger partial charge in [0, 0.05) is 13.1 Å². The Morgan fingerprint density at radius 2 is 1.74 bits per heavy atom. The molecule has 0 aliphatic heterocycles. The van der Waals surface area contributed by atoms with Crippen LogP contribution in [0.5, 0.6) is 0 Å². The first-order valence-electron chi connectivity index (χ1n) is 6.61. The number of benzene rings is 1. The Labute approximate surface area is 120 Å². The molecule has 2 atom stereocenters. The van der Waals surface area contributed by atoms with Crippen LogP contribution >= 0.6 is 11.6 Å². The van der Waals surface area contributed by atoms with E-state index in [9.17, 15) is 8.42 Å². The van der Waals surface area contributed by atoms with Crippen molar-refractivity contribution in [2.24, 2.45) is 0 Å². The first kappa shape index (κ1) is 14.8. The van der Waals surface area contributed by atoms with Crippen molar-refractivity contribution >= 4 is 21.6 Å². The highest BCUT2D eigenvalue weighted by Crippen LogP contribution is 2.29. The first-order chi connectivity index (χ1) is 8.93. The van der Waals surface area contributed by atoms with Gasteiger partial charge in [0.1, 0.15) is 0 Å². The van der Waals surface area contributed by atoms with Crippen LogP contribution in [0.15, 0.2) is 29.2 Å². The maximum absolute atomic E-state index is 12.6. The van der Waals surface area contributed by atoms with Gasteiger partial charge in [0.25, 0.3) is 0 Å². The van der Waals surface area contributed by atoms with Crippen LogP contribution in [0.25, 0.3) is 0 Å². The van der Waals surface area contributed by atoms with Gasteiger partial charge in [-0.15, -0.1) is 11.6 Å². The van der Waals surface area contributed by atoms with Gasteiger partial charge in [0.2, 0.25) is 10.0 Å². The molecule has 0 saturated heterocycles. The van der Waals surface area contributed by atoms with Gasteiger partial charge >= 0.3 is 0 Å². The molecule has 0 bridgehead atoms. The predicted molar refractivity (Wildman–Crippen MR) is 78.0 cm³/mol. The molecule has 1 aliphatic carbocycles. The molecular formula is C14H20ClNO2S. The van der Waals surface area contributed by atoms with E-state index in [0.29, 0.717) is 4.90 Å². The molecule has 106 valence electrons. The van der Waals surface area contributed by atoms with Crippen molar-refractivity contribution in [1.29, 1.82) is 0 Å². The fourth-order valence-corrected chi connectivity index (χ4v) is 4.47. The number of hydrogen-bond donors (Lipinski definition) is 0. The second-order valence-corrected chi connectivity index (χ2v) is 7.76. The average molecular weight is 302 g/mol. The number of rotatable bonds is 3. The third-order valence-corrected chi connectivity index (χ3v) is 6.22. The van der Waals surface area contributed by atoms with Gasteiger partial charge < -0.3 is 0 Å². The molecule has 2 rings (SSSR count). The van der Waals surface area contributed by atoms with E-state index in [0.717, 1.165) is 31.2 Å². The molecule has 19 heavy (non-hydrogen) atoms. The Bertz CT molecular complexity index is 527. The topological polar surface area (TPSA) is 37.4 Å². The molecule has 1 aliphatic rings. The van der Waals surface area contributed by atoms with Crippen LogP contribution in [0, 0.1) is 6.92 Å². The molecule has 0 heterocycles. The molecule has 1 aromatic carbocycles. The molecule has 0 spiro atoms. The minimum atomic E-state index is -3.44. The summed E-state index contributed by atoms with van der Waals surface area (Å²) in [6.07, 6.45) is 3.86. The van der Waals surface area contributed by atoms with Gasteiger partial charge in [0.05, 0.1) is 10.3 Å². The lowest BCUT2D eigenvalue weighted by Gasteiger charge is -2.34. The summed E-state index contributed by atoms with van der Waals surface area (Å²) in [6, 6.07) is 6.86. The van der Waals surface area contributed by atoms with Crippen molar-refractivity contribution in [3.8, 4) is 0 Å². The second kappa shape index (κ2) is 5.81. The molecule has 0 radical (unpaired) electrons. The molecule has 1 aromatic rings. The molecule has 3 nitrogen and oxygen atoms in total. The summed E-state index contributed by atoms with van der Waals surface area (Å²) in [5.74, 6) is 0. The van der Waals surface area contributed by atoms with Crippen molar-refractivity contribution in [3.63, 3.8) is 0 Å². The normalized spacial score (nSPS) is 24.6. The minimum absolute atomic E-state index is 0.0843. The van der Waals surface area contributed by atoms with Crippen molar-refractivity contribution in [2.75, 3.05) is 7.05 Å². The van der Waals surface area contributed by atoms with Gasteiger partial charge in [-0.05, 0) is 31.9 Å². The lowest BCUT2D eigenvalue weighted by Crippen LogP contribution is -2.44. The Hall–Kier alpha value is -0.580. The van der Waals surface area contributed by atoms with Crippen LogP contribution < -0.4 is 0 Å².